The van der Waals surface area contributed by atoms with E-state index in [-0.39, 0.29) is 0 Å². The minimum absolute atomic E-state index is 0.677. The van der Waals surface area contributed by atoms with Crippen molar-refractivity contribution in [3.8, 4) is 0 Å². The Balaban J connectivity index is 3.66. The number of hydrogen-bond acceptors (Lipinski definition) is 1. The van der Waals surface area contributed by atoms with Crippen molar-refractivity contribution >= 4 is 0 Å². The van der Waals surface area contributed by atoms with Crippen molar-refractivity contribution in [2.75, 3.05) is 0 Å². The molecule has 0 aromatic heterocycles. The summed E-state index contributed by atoms with van der Waals surface area (Å²) in [5.74, 6) is 1.60. The molecule has 0 spiro atoms. The standard InChI is InChI=1S/C14H31N/c1-7-14(12(4)5)15-13(6)10-8-9-11(2)3/h11-15H,7-10H2,1-6H3. The van der Waals surface area contributed by atoms with Crippen molar-refractivity contribution in [1.82, 2.24) is 5.32 Å². The molecule has 0 aliphatic rings. The van der Waals surface area contributed by atoms with Crippen molar-refractivity contribution in [3.05, 3.63) is 0 Å². The van der Waals surface area contributed by atoms with E-state index in [0.717, 1.165) is 11.8 Å². The highest BCUT2D eigenvalue weighted by molar-refractivity contribution is 4.73. The third kappa shape index (κ3) is 7.84. The molecule has 0 aromatic carbocycles. The predicted molar refractivity (Wildman–Crippen MR) is 70.2 cm³/mol. The van der Waals surface area contributed by atoms with Crippen LogP contribution in [0, 0.1) is 11.8 Å². The number of rotatable bonds is 8. The highest BCUT2D eigenvalue weighted by Gasteiger charge is 2.13. The van der Waals surface area contributed by atoms with Crippen LogP contribution < -0.4 is 5.32 Å². The van der Waals surface area contributed by atoms with Gasteiger partial charge in [-0.25, -0.2) is 0 Å². The molecular weight excluding hydrogens is 182 g/mol. The summed E-state index contributed by atoms with van der Waals surface area (Å²) in [6.07, 6.45) is 5.29. The van der Waals surface area contributed by atoms with Gasteiger partial charge in [-0.05, 0) is 31.6 Å². The molecule has 2 atom stereocenters. The van der Waals surface area contributed by atoms with Gasteiger partial charge in [0, 0.05) is 12.1 Å². The third-order valence-electron chi connectivity index (χ3n) is 3.16. The molecule has 2 unspecified atom stereocenters. The molecule has 0 bridgehead atoms. The summed E-state index contributed by atoms with van der Waals surface area (Å²) in [5.41, 5.74) is 0. The van der Waals surface area contributed by atoms with E-state index in [1.54, 1.807) is 0 Å². The summed E-state index contributed by atoms with van der Waals surface area (Å²) in [5, 5.41) is 3.74. The molecule has 0 radical (unpaired) electrons. The molecule has 0 fully saturated rings. The summed E-state index contributed by atoms with van der Waals surface area (Å²) in [4.78, 5) is 0. The SMILES string of the molecule is CCC(NC(C)CCCC(C)C)C(C)C. The fraction of sp³-hybridized carbons (Fsp3) is 1.00. The summed E-state index contributed by atoms with van der Waals surface area (Å²) in [7, 11) is 0. The lowest BCUT2D eigenvalue weighted by molar-refractivity contribution is 0.335. The molecule has 0 amide bonds. The quantitative estimate of drug-likeness (QED) is 0.636. The smallest absolute Gasteiger partial charge is 0.00899 e. The molecule has 92 valence electrons. The van der Waals surface area contributed by atoms with Crippen LogP contribution in [0.2, 0.25) is 0 Å². The fourth-order valence-corrected chi connectivity index (χ4v) is 2.06. The van der Waals surface area contributed by atoms with Crippen molar-refractivity contribution in [2.45, 2.75) is 79.3 Å². The minimum Gasteiger partial charge on any atom is -0.311 e. The number of nitrogens with one attached hydrogen (secondary N) is 1. The van der Waals surface area contributed by atoms with E-state index in [4.69, 9.17) is 0 Å². The molecule has 0 aliphatic carbocycles. The maximum Gasteiger partial charge on any atom is 0.00899 e. The molecule has 1 heteroatoms. The van der Waals surface area contributed by atoms with Crippen LogP contribution in [0.3, 0.4) is 0 Å². The lowest BCUT2D eigenvalue weighted by atomic mass is 9.99. The van der Waals surface area contributed by atoms with E-state index >= 15 is 0 Å². The molecule has 0 aromatic rings. The van der Waals surface area contributed by atoms with Crippen LogP contribution in [0.4, 0.5) is 0 Å². The summed E-state index contributed by atoms with van der Waals surface area (Å²) < 4.78 is 0. The summed E-state index contributed by atoms with van der Waals surface area (Å²) in [6, 6.07) is 1.37. The highest BCUT2D eigenvalue weighted by Crippen LogP contribution is 2.11. The fourth-order valence-electron chi connectivity index (χ4n) is 2.06. The highest BCUT2D eigenvalue weighted by atomic mass is 14.9. The van der Waals surface area contributed by atoms with Crippen LogP contribution in [0.25, 0.3) is 0 Å². The van der Waals surface area contributed by atoms with Gasteiger partial charge in [0.2, 0.25) is 0 Å². The van der Waals surface area contributed by atoms with Gasteiger partial charge in [-0.15, -0.1) is 0 Å². The average molecular weight is 213 g/mol. The molecule has 0 rings (SSSR count). The molecule has 1 nitrogen and oxygen atoms in total. The molecule has 0 aliphatic heterocycles. The first-order valence-corrected chi connectivity index (χ1v) is 6.73. The lowest BCUT2D eigenvalue weighted by Crippen LogP contribution is -2.39. The number of hydrogen-bond donors (Lipinski definition) is 1. The van der Waals surface area contributed by atoms with Crippen LogP contribution in [0.1, 0.15) is 67.2 Å². The molecule has 0 saturated heterocycles. The molecule has 1 N–H and O–H groups in total. The zero-order valence-corrected chi connectivity index (χ0v) is 11.6. The normalized spacial score (nSPS) is 16.0. The van der Waals surface area contributed by atoms with Gasteiger partial charge < -0.3 is 5.32 Å². The predicted octanol–water partition coefficient (Wildman–Crippen LogP) is 4.23. The van der Waals surface area contributed by atoms with Crippen molar-refractivity contribution in [1.29, 1.82) is 0 Å². The average Bonchev–Trinajstić information content (AvgIpc) is 2.13. The molecule has 15 heavy (non-hydrogen) atoms. The van der Waals surface area contributed by atoms with Gasteiger partial charge in [0.05, 0.1) is 0 Å². The zero-order valence-electron chi connectivity index (χ0n) is 11.6. The van der Waals surface area contributed by atoms with Crippen molar-refractivity contribution in [3.63, 3.8) is 0 Å². The monoisotopic (exact) mass is 213 g/mol. The summed E-state index contributed by atoms with van der Waals surface area (Å²) >= 11 is 0. The van der Waals surface area contributed by atoms with E-state index in [1.807, 2.05) is 0 Å². The third-order valence-corrected chi connectivity index (χ3v) is 3.16. The van der Waals surface area contributed by atoms with Gasteiger partial charge in [0.25, 0.3) is 0 Å². The zero-order chi connectivity index (χ0) is 11.8. The Morgan fingerprint density at radius 1 is 0.933 bits per heavy atom. The molecule has 0 saturated carbocycles. The van der Waals surface area contributed by atoms with E-state index < -0.39 is 0 Å². The van der Waals surface area contributed by atoms with Crippen LogP contribution in [0.15, 0.2) is 0 Å². The Labute approximate surface area is 97.0 Å². The first kappa shape index (κ1) is 15.0. The van der Waals surface area contributed by atoms with E-state index in [1.165, 1.54) is 25.7 Å². The van der Waals surface area contributed by atoms with Crippen molar-refractivity contribution < 1.29 is 0 Å². The Morgan fingerprint density at radius 2 is 1.53 bits per heavy atom. The Morgan fingerprint density at radius 3 is 1.93 bits per heavy atom. The largest absolute Gasteiger partial charge is 0.311 e. The first-order chi connectivity index (χ1) is 6.97. The maximum atomic E-state index is 3.74. The van der Waals surface area contributed by atoms with Gasteiger partial charge >= 0.3 is 0 Å². The van der Waals surface area contributed by atoms with E-state index in [9.17, 15) is 0 Å². The van der Waals surface area contributed by atoms with Crippen LogP contribution in [-0.4, -0.2) is 12.1 Å². The molecule has 0 heterocycles. The first-order valence-electron chi connectivity index (χ1n) is 6.73. The van der Waals surface area contributed by atoms with Crippen LogP contribution in [-0.2, 0) is 0 Å². The second-order valence-electron chi connectivity index (χ2n) is 5.65. The Hall–Kier alpha value is -0.0400. The maximum absolute atomic E-state index is 3.74. The van der Waals surface area contributed by atoms with Crippen LogP contribution >= 0.6 is 0 Å². The topological polar surface area (TPSA) is 12.0 Å². The second-order valence-corrected chi connectivity index (χ2v) is 5.65. The van der Waals surface area contributed by atoms with Gasteiger partial charge in [-0.3, -0.25) is 0 Å². The Bertz CT molecular complexity index is 140. The summed E-state index contributed by atoms with van der Waals surface area (Å²) in [6.45, 7) is 13.8. The van der Waals surface area contributed by atoms with Gasteiger partial charge in [0.15, 0.2) is 0 Å². The second kappa shape index (κ2) is 8.15. The Kier molecular flexibility index (Phi) is 8.13. The van der Waals surface area contributed by atoms with E-state index in [2.05, 4.69) is 46.9 Å². The lowest BCUT2D eigenvalue weighted by Gasteiger charge is -2.25. The molecular formula is C14H31N. The van der Waals surface area contributed by atoms with Crippen molar-refractivity contribution in [2.24, 2.45) is 11.8 Å². The van der Waals surface area contributed by atoms with Crippen LogP contribution in [0.5, 0.6) is 0 Å². The van der Waals surface area contributed by atoms with Gasteiger partial charge in [0.1, 0.15) is 0 Å². The minimum atomic E-state index is 0.677. The van der Waals surface area contributed by atoms with E-state index in [0.29, 0.717) is 12.1 Å². The van der Waals surface area contributed by atoms with Gasteiger partial charge in [-0.2, -0.15) is 0 Å². The van der Waals surface area contributed by atoms with Gasteiger partial charge in [-0.1, -0.05) is 47.5 Å².